The van der Waals surface area contributed by atoms with Crippen LogP contribution in [0.15, 0.2) is 42.5 Å². The van der Waals surface area contributed by atoms with Crippen LogP contribution in [0.4, 0.5) is 4.39 Å². The van der Waals surface area contributed by atoms with Crippen LogP contribution in [0.5, 0.6) is 0 Å². The van der Waals surface area contributed by atoms with Crippen molar-refractivity contribution in [1.82, 2.24) is 5.32 Å². The molecule has 0 bridgehead atoms. The number of benzene rings is 2. The van der Waals surface area contributed by atoms with Gasteiger partial charge < -0.3 is 5.32 Å². The van der Waals surface area contributed by atoms with Gasteiger partial charge in [-0.05, 0) is 43.1 Å². The summed E-state index contributed by atoms with van der Waals surface area (Å²) in [6, 6.07) is 13.7. The van der Waals surface area contributed by atoms with Crippen molar-refractivity contribution in [2.45, 2.75) is 32.7 Å². The summed E-state index contributed by atoms with van der Waals surface area (Å²) in [7, 11) is 1.87. The highest BCUT2D eigenvalue weighted by Gasteiger charge is 2.16. The monoisotopic (exact) mass is 271 g/mol. The van der Waals surface area contributed by atoms with E-state index in [1.807, 2.05) is 26.1 Å². The number of rotatable bonds is 5. The van der Waals surface area contributed by atoms with Gasteiger partial charge in [-0.25, -0.2) is 4.39 Å². The van der Waals surface area contributed by atoms with E-state index in [1.54, 1.807) is 6.07 Å². The zero-order valence-electron chi connectivity index (χ0n) is 12.4. The van der Waals surface area contributed by atoms with E-state index in [9.17, 15) is 4.39 Å². The van der Waals surface area contributed by atoms with Crippen LogP contribution in [-0.2, 0) is 6.42 Å². The van der Waals surface area contributed by atoms with E-state index in [1.165, 1.54) is 5.56 Å². The lowest BCUT2D eigenvalue weighted by molar-refractivity contribution is 0.575. The average Bonchev–Trinajstić information content (AvgIpc) is 2.43. The van der Waals surface area contributed by atoms with Crippen molar-refractivity contribution in [3.05, 3.63) is 70.5 Å². The van der Waals surface area contributed by atoms with Crippen molar-refractivity contribution in [2.75, 3.05) is 7.05 Å². The predicted octanol–water partition coefficient (Wildman–Crippen LogP) is 4.40. The highest BCUT2D eigenvalue weighted by Crippen LogP contribution is 2.25. The van der Waals surface area contributed by atoms with Crippen LogP contribution in [-0.4, -0.2) is 7.05 Å². The Bertz CT molecular complexity index is 577. The molecule has 0 saturated carbocycles. The van der Waals surface area contributed by atoms with E-state index in [2.05, 4.69) is 36.5 Å². The molecule has 2 rings (SSSR count). The van der Waals surface area contributed by atoms with Gasteiger partial charge in [0.1, 0.15) is 5.82 Å². The topological polar surface area (TPSA) is 12.0 Å². The van der Waals surface area contributed by atoms with Crippen molar-refractivity contribution in [2.24, 2.45) is 0 Å². The van der Waals surface area contributed by atoms with Crippen LogP contribution in [0, 0.1) is 12.7 Å². The van der Waals surface area contributed by atoms with E-state index in [0.29, 0.717) is 5.56 Å². The summed E-state index contributed by atoms with van der Waals surface area (Å²) in [4.78, 5) is 0. The number of hydrogen-bond donors (Lipinski definition) is 1. The molecule has 1 unspecified atom stereocenters. The lowest BCUT2D eigenvalue weighted by Gasteiger charge is -2.19. The Kier molecular flexibility index (Phi) is 4.91. The number of hydrogen-bond acceptors (Lipinski definition) is 1. The van der Waals surface area contributed by atoms with Crippen LogP contribution in [0.1, 0.15) is 41.6 Å². The fourth-order valence-corrected chi connectivity index (χ4v) is 2.58. The normalized spacial score (nSPS) is 12.4. The third-order valence-electron chi connectivity index (χ3n) is 3.58. The number of aryl methyl sites for hydroxylation is 2. The van der Waals surface area contributed by atoms with Gasteiger partial charge in [0.25, 0.3) is 0 Å². The first-order valence-electron chi connectivity index (χ1n) is 7.18. The van der Waals surface area contributed by atoms with Crippen LogP contribution in [0.3, 0.4) is 0 Å². The van der Waals surface area contributed by atoms with Gasteiger partial charge in [-0.1, -0.05) is 49.7 Å². The summed E-state index contributed by atoms with van der Waals surface area (Å²) in [5.41, 5.74) is 4.06. The van der Waals surface area contributed by atoms with Crippen LogP contribution < -0.4 is 5.32 Å². The predicted molar refractivity (Wildman–Crippen MR) is 82.5 cm³/mol. The first-order valence-corrected chi connectivity index (χ1v) is 7.18. The Morgan fingerprint density at radius 1 is 1.15 bits per heavy atom. The lowest BCUT2D eigenvalue weighted by Crippen LogP contribution is -2.19. The van der Waals surface area contributed by atoms with Gasteiger partial charge in [-0.2, -0.15) is 0 Å². The van der Waals surface area contributed by atoms with Crippen LogP contribution in [0.2, 0.25) is 0 Å². The molecule has 1 nitrogen and oxygen atoms in total. The standard InChI is InChI=1S/C18H22FN/c1-4-6-14-7-5-8-15(12-14)18(20-3)16-10-9-13(2)11-17(16)19/h5,7-12,18,20H,4,6H2,1-3H3. The lowest BCUT2D eigenvalue weighted by atomic mass is 9.95. The molecule has 0 aliphatic rings. The first-order chi connectivity index (χ1) is 9.65. The molecule has 0 aliphatic heterocycles. The number of halogens is 1. The highest BCUT2D eigenvalue weighted by molar-refractivity contribution is 5.36. The molecule has 2 heteroatoms. The minimum absolute atomic E-state index is 0.104. The Morgan fingerprint density at radius 2 is 1.95 bits per heavy atom. The van der Waals surface area contributed by atoms with Gasteiger partial charge in [0.2, 0.25) is 0 Å². The largest absolute Gasteiger partial charge is 0.309 e. The van der Waals surface area contributed by atoms with Crippen molar-refractivity contribution in [3.8, 4) is 0 Å². The minimum atomic E-state index is -0.148. The zero-order valence-corrected chi connectivity index (χ0v) is 12.4. The van der Waals surface area contributed by atoms with E-state index >= 15 is 0 Å². The van der Waals surface area contributed by atoms with E-state index in [-0.39, 0.29) is 11.9 Å². The maximum atomic E-state index is 14.2. The summed E-state index contributed by atoms with van der Waals surface area (Å²) in [6.07, 6.45) is 2.17. The summed E-state index contributed by atoms with van der Waals surface area (Å²) >= 11 is 0. The van der Waals surface area contributed by atoms with Gasteiger partial charge in [-0.15, -0.1) is 0 Å². The SMILES string of the molecule is CCCc1cccc(C(NC)c2ccc(C)cc2F)c1. The molecule has 2 aromatic carbocycles. The van der Waals surface area contributed by atoms with Gasteiger partial charge in [0.15, 0.2) is 0 Å². The molecule has 0 aliphatic carbocycles. The molecule has 0 heterocycles. The molecule has 20 heavy (non-hydrogen) atoms. The van der Waals surface area contributed by atoms with Crippen LogP contribution in [0.25, 0.3) is 0 Å². The molecule has 0 fully saturated rings. The second-order valence-corrected chi connectivity index (χ2v) is 5.24. The number of nitrogens with one attached hydrogen (secondary N) is 1. The molecule has 0 spiro atoms. The van der Waals surface area contributed by atoms with Crippen molar-refractivity contribution >= 4 is 0 Å². The zero-order chi connectivity index (χ0) is 14.5. The quantitative estimate of drug-likeness (QED) is 0.850. The Morgan fingerprint density at radius 3 is 2.60 bits per heavy atom. The van der Waals surface area contributed by atoms with E-state index < -0.39 is 0 Å². The smallest absolute Gasteiger partial charge is 0.128 e. The van der Waals surface area contributed by atoms with E-state index in [0.717, 1.165) is 24.0 Å². The second kappa shape index (κ2) is 6.67. The highest BCUT2D eigenvalue weighted by atomic mass is 19.1. The van der Waals surface area contributed by atoms with E-state index in [4.69, 9.17) is 0 Å². The third-order valence-corrected chi connectivity index (χ3v) is 3.58. The maximum absolute atomic E-state index is 14.2. The summed E-state index contributed by atoms with van der Waals surface area (Å²) in [6.45, 7) is 4.07. The molecule has 0 aromatic heterocycles. The fourth-order valence-electron chi connectivity index (χ4n) is 2.58. The molecule has 106 valence electrons. The maximum Gasteiger partial charge on any atom is 0.128 e. The summed E-state index contributed by atoms with van der Waals surface area (Å²) in [5.74, 6) is -0.148. The van der Waals surface area contributed by atoms with Gasteiger partial charge in [0, 0.05) is 5.56 Å². The van der Waals surface area contributed by atoms with Gasteiger partial charge in [0.05, 0.1) is 6.04 Å². The molecule has 1 N–H and O–H groups in total. The van der Waals surface area contributed by atoms with Crippen molar-refractivity contribution in [1.29, 1.82) is 0 Å². The molecule has 1 atom stereocenters. The molecule has 0 amide bonds. The van der Waals surface area contributed by atoms with Crippen LogP contribution >= 0.6 is 0 Å². The Balaban J connectivity index is 2.38. The average molecular weight is 271 g/mol. The third kappa shape index (κ3) is 3.26. The molecule has 0 radical (unpaired) electrons. The Labute approximate surface area is 120 Å². The fraction of sp³-hybridized carbons (Fsp3) is 0.333. The summed E-state index contributed by atoms with van der Waals surface area (Å²) < 4.78 is 14.2. The molecular weight excluding hydrogens is 249 g/mol. The Hall–Kier alpha value is -1.67. The minimum Gasteiger partial charge on any atom is -0.309 e. The van der Waals surface area contributed by atoms with Gasteiger partial charge >= 0.3 is 0 Å². The summed E-state index contributed by atoms with van der Waals surface area (Å²) in [5, 5.41) is 3.22. The van der Waals surface area contributed by atoms with Gasteiger partial charge in [-0.3, -0.25) is 0 Å². The molecule has 2 aromatic rings. The van der Waals surface area contributed by atoms with Crippen molar-refractivity contribution in [3.63, 3.8) is 0 Å². The first kappa shape index (κ1) is 14.7. The van der Waals surface area contributed by atoms with Crippen molar-refractivity contribution < 1.29 is 4.39 Å². The molecular formula is C18H22FN. The molecule has 0 saturated heterocycles. The second-order valence-electron chi connectivity index (χ2n) is 5.24.